The number of alkyl halides is 3. The molecular weight excluding hydrogens is 243 g/mol. The third kappa shape index (κ3) is 2.19. The average molecular weight is 248 g/mol. The lowest BCUT2D eigenvalue weighted by Gasteiger charge is -2.06. The van der Waals surface area contributed by atoms with Crippen LogP contribution in [0.1, 0.15) is 5.56 Å². The minimum atomic E-state index is -4.38. The molecule has 0 radical (unpaired) electrons. The fourth-order valence-corrected chi connectivity index (χ4v) is 1.34. The lowest BCUT2D eigenvalue weighted by molar-refractivity contribution is -0.137. The molecule has 0 saturated heterocycles. The molecular formula is C10H5ClF3NO. The molecule has 0 unspecified atom stereocenters. The molecule has 84 valence electrons. The molecule has 0 aliphatic rings. The lowest BCUT2D eigenvalue weighted by atomic mass is 10.1. The van der Waals surface area contributed by atoms with E-state index in [0.29, 0.717) is 0 Å². The van der Waals surface area contributed by atoms with Crippen molar-refractivity contribution in [2.75, 3.05) is 0 Å². The van der Waals surface area contributed by atoms with E-state index in [1.165, 1.54) is 18.3 Å². The molecule has 0 aliphatic carbocycles. The van der Waals surface area contributed by atoms with Crippen LogP contribution in [0.15, 0.2) is 34.9 Å². The van der Waals surface area contributed by atoms with E-state index in [1.54, 1.807) is 0 Å². The maximum atomic E-state index is 12.4. The number of hydrogen-bond donors (Lipinski definition) is 0. The standard InChI is InChI=1S/C10H5ClF3NO/c11-8-5-15-9(16-8)6-2-1-3-7(4-6)10(12,13)14/h1-5H. The Morgan fingerprint density at radius 1 is 1.25 bits per heavy atom. The first-order chi connectivity index (χ1) is 7.47. The van der Waals surface area contributed by atoms with Crippen LogP contribution in [0.3, 0.4) is 0 Å². The molecule has 0 bridgehead atoms. The first-order valence-electron chi connectivity index (χ1n) is 4.26. The summed E-state index contributed by atoms with van der Waals surface area (Å²) < 4.78 is 42.2. The van der Waals surface area contributed by atoms with Crippen molar-refractivity contribution in [1.82, 2.24) is 4.98 Å². The summed E-state index contributed by atoms with van der Waals surface area (Å²) in [7, 11) is 0. The van der Waals surface area contributed by atoms with Crippen molar-refractivity contribution in [3.63, 3.8) is 0 Å². The van der Waals surface area contributed by atoms with Crippen LogP contribution in [-0.4, -0.2) is 4.98 Å². The van der Waals surface area contributed by atoms with Crippen molar-refractivity contribution in [3.8, 4) is 11.5 Å². The fraction of sp³-hybridized carbons (Fsp3) is 0.100. The van der Waals surface area contributed by atoms with Crippen molar-refractivity contribution < 1.29 is 17.6 Å². The molecule has 2 nitrogen and oxygen atoms in total. The van der Waals surface area contributed by atoms with E-state index in [0.717, 1.165) is 12.1 Å². The van der Waals surface area contributed by atoms with Crippen LogP contribution >= 0.6 is 11.6 Å². The molecule has 0 atom stereocenters. The number of hydrogen-bond acceptors (Lipinski definition) is 2. The van der Waals surface area contributed by atoms with E-state index in [1.807, 2.05) is 0 Å². The monoisotopic (exact) mass is 247 g/mol. The van der Waals surface area contributed by atoms with E-state index < -0.39 is 11.7 Å². The largest absolute Gasteiger partial charge is 0.425 e. The van der Waals surface area contributed by atoms with E-state index >= 15 is 0 Å². The molecule has 2 aromatic rings. The Bertz CT molecular complexity index is 507. The summed E-state index contributed by atoms with van der Waals surface area (Å²) in [6.07, 6.45) is -3.15. The summed E-state index contributed by atoms with van der Waals surface area (Å²) in [5.74, 6) is 0.0658. The van der Waals surface area contributed by atoms with E-state index in [4.69, 9.17) is 16.0 Å². The maximum Gasteiger partial charge on any atom is 0.416 e. The van der Waals surface area contributed by atoms with Crippen molar-refractivity contribution in [2.24, 2.45) is 0 Å². The SMILES string of the molecule is FC(F)(F)c1cccc(-c2ncc(Cl)o2)c1. The van der Waals surface area contributed by atoms with Gasteiger partial charge in [0.15, 0.2) is 0 Å². The Labute approximate surface area is 93.7 Å². The number of nitrogens with zero attached hydrogens (tertiary/aromatic N) is 1. The molecule has 16 heavy (non-hydrogen) atoms. The number of rotatable bonds is 1. The zero-order valence-electron chi connectivity index (χ0n) is 7.75. The van der Waals surface area contributed by atoms with Crippen molar-refractivity contribution >= 4 is 11.6 Å². The summed E-state index contributed by atoms with van der Waals surface area (Å²) in [6.45, 7) is 0. The van der Waals surface area contributed by atoms with Crippen LogP contribution in [0, 0.1) is 0 Å². The summed E-state index contributed by atoms with van der Waals surface area (Å²) in [4.78, 5) is 3.74. The summed E-state index contributed by atoms with van der Waals surface area (Å²) in [5, 5.41) is 0.0346. The van der Waals surface area contributed by atoms with Crippen LogP contribution in [-0.2, 0) is 6.18 Å². The van der Waals surface area contributed by atoms with Gasteiger partial charge in [-0.2, -0.15) is 13.2 Å². The first kappa shape index (κ1) is 11.0. The van der Waals surface area contributed by atoms with E-state index in [2.05, 4.69) is 4.98 Å². The molecule has 0 spiro atoms. The van der Waals surface area contributed by atoms with Crippen molar-refractivity contribution in [2.45, 2.75) is 6.18 Å². The first-order valence-corrected chi connectivity index (χ1v) is 4.63. The van der Waals surface area contributed by atoms with Gasteiger partial charge in [0.1, 0.15) is 0 Å². The second kappa shape index (κ2) is 3.83. The zero-order valence-corrected chi connectivity index (χ0v) is 8.51. The Morgan fingerprint density at radius 2 is 2.00 bits per heavy atom. The summed E-state index contributed by atoms with van der Waals surface area (Å²) in [5.41, 5.74) is -0.513. The molecule has 0 saturated carbocycles. The van der Waals surface area contributed by atoms with Gasteiger partial charge in [-0.25, -0.2) is 4.98 Å². The van der Waals surface area contributed by atoms with Gasteiger partial charge in [-0.1, -0.05) is 6.07 Å². The van der Waals surface area contributed by atoms with Gasteiger partial charge < -0.3 is 4.42 Å². The quantitative estimate of drug-likeness (QED) is 0.761. The molecule has 0 aliphatic heterocycles. The molecule has 6 heteroatoms. The van der Waals surface area contributed by atoms with Crippen LogP contribution in [0.4, 0.5) is 13.2 Å². The van der Waals surface area contributed by atoms with Gasteiger partial charge in [-0.3, -0.25) is 0 Å². The summed E-state index contributed by atoms with van der Waals surface area (Å²) in [6, 6.07) is 4.70. The Morgan fingerprint density at radius 3 is 2.56 bits per heavy atom. The molecule has 0 N–H and O–H groups in total. The second-order valence-electron chi connectivity index (χ2n) is 3.05. The van der Waals surface area contributed by atoms with Gasteiger partial charge >= 0.3 is 6.18 Å². The molecule has 1 aromatic carbocycles. The highest BCUT2D eigenvalue weighted by molar-refractivity contribution is 6.28. The minimum absolute atomic E-state index is 0.0346. The average Bonchev–Trinajstić information content (AvgIpc) is 2.64. The van der Waals surface area contributed by atoms with Gasteiger partial charge in [-0.15, -0.1) is 0 Å². The number of aromatic nitrogens is 1. The zero-order chi connectivity index (χ0) is 11.8. The predicted molar refractivity (Wildman–Crippen MR) is 52.0 cm³/mol. The minimum Gasteiger partial charge on any atom is -0.425 e. The smallest absolute Gasteiger partial charge is 0.416 e. The van der Waals surface area contributed by atoms with Crippen LogP contribution in [0.5, 0.6) is 0 Å². The maximum absolute atomic E-state index is 12.4. The molecule has 0 fully saturated rings. The summed E-state index contributed by atoms with van der Waals surface area (Å²) >= 11 is 5.49. The number of oxazole rings is 1. The van der Waals surface area contributed by atoms with Crippen LogP contribution in [0.25, 0.3) is 11.5 Å². The van der Waals surface area contributed by atoms with Crippen LogP contribution in [0.2, 0.25) is 5.22 Å². The van der Waals surface area contributed by atoms with Crippen molar-refractivity contribution in [3.05, 3.63) is 41.2 Å². The Kier molecular flexibility index (Phi) is 2.63. The highest BCUT2D eigenvalue weighted by atomic mass is 35.5. The predicted octanol–water partition coefficient (Wildman–Crippen LogP) is 4.01. The Hall–Kier alpha value is -1.49. The van der Waals surface area contributed by atoms with Gasteiger partial charge in [0.05, 0.1) is 11.8 Å². The van der Waals surface area contributed by atoms with Gasteiger partial charge in [0, 0.05) is 5.56 Å². The topological polar surface area (TPSA) is 26.0 Å². The van der Waals surface area contributed by atoms with Crippen molar-refractivity contribution in [1.29, 1.82) is 0 Å². The molecule has 1 aromatic heterocycles. The Balaban J connectivity index is 2.44. The molecule has 1 heterocycles. The molecule has 2 rings (SSSR count). The number of halogens is 4. The number of benzene rings is 1. The fourth-order valence-electron chi connectivity index (χ4n) is 1.22. The third-order valence-electron chi connectivity index (χ3n) is 1.91. The highest BCUT2D eigenvalue weighted by Gasteiger charge is 2.30. The van der Waals surface area contributed by atoms with E-state index in [-0.39, 0.29) is 16.7 Å². The highest BCUT2D eigenvalue weighted by Crippen LogP contribution is 2.32. The third-order valence-corrected chi connectivity index (χ3v) is 2.09. The van der Waals surface area contributed by atoms with Gasteiger partial charge in [-0.05, 0) is 29.8 Å². The lowest BCUT2D eigenvalue weighted by Crippen LogP contribution is -2.04. The van der Waals surface area contributed by atoms with E-state index in [9.17, 15) is 13.2 Å². The molecule has 0 amide bonds. The van der Waals surface area contributed by atoms with Gasteiger partial charge in [0.25, 0.3) is 0 Å². The normalized spacial score (nSPS) is 11.8. The van der Waals surface area contributed by atoms with Gasteiger partial charge in [0.2, 0.25) is 11.1 Å². The second-order valence-corrected chi connectivity index (χ2v) is 3.42. The van der Waals surface area contributed by atoms with Crippen LogP contribution < -0.4 is 0 Å².